The molecule has 2 rings (SSSR count). The Labute approximate surface area is 124 Å². The lowest BCUT2D eigenvalue weighted by Gasteiger charge is -2.19. The molecule has 0 saturated carbocycles. The van der Waals surface area contributed by atoms with Crippen LogP contribution < -0.4 is 5.32 Å². The first-order valence-electron chi connectivity index (χ1n) is 5.74. The van der Waals surface area contributed by atoms with Gasteiger partial charge in [-0.1, -0.05) is 0 Å². The van der Waals surface area contributed by atoms with E-state index in [1.54, 1.807) is 10.9 Å². The zero-order valence-corrected chi connectivity index (χ0v) is 13.3. The van der Waals surface area contributed by atoms with Crippen molar-refractivity contribution >= 4 is 45.4 Å². The molecule has 0 aliphatic rings. The maximum atomic E-state index is 11.7. The number of nitrogens with one attached hydrogen (secondary N) is 1. The molecule has 0 aliphatic carbocycles. The van der Waals surface area contributed by atoms with E-state index in [1.165, 1.54) is 0 Å². The number of aryl methyl sites for hydroxylation is 1. The fraction of sp³-hybridized carbons (Fsp3) is 0.417. The van der Waals surface area contributed by atoms with Gasteiger partial charge in [0, 0.05) is 7.05 Å². The maximum absolute atomic E-state index is 11.7. The van der Waals surface area contributed by atoms with E-state index < -0.39 is 11.7 Å². The number of anilines is 1. The third kappa shape index (κ3) is 3.34. The largest absolute Gasteiger partial charge is 0.444 e. The molecule has 0 bridgehead atoms. The number of aromatic nitrogens is 3. The average Bonchev–Trinajstić information content (AvgIpc) is 2.51. The van der Waals surface area contributed by atoms with Crippen molar-refractivity contribution in [3.05, 3.63) is 16.0 Å². The van der Waals surface area contributed by atoms with Crippen LogP contribution in [0, 0.1) is 3.70 Å². The second-order valence-electron chi connectivity index (χ2n) is 5.14. The number of amides is 1. The van der Waals surface area contributed by atoms with Crippen molar-refractivity contribution < 1.29 is 9.53 Å². The van der Waals surface area contributed by atoms with Crippen LogP contribution in [0.5, 0.6) is 0 Å². The number of fused-ring (bicyclic) bond motifs is 1. The number of pyridine rings is 1. The van der Waals surface area contributed by atoms with E-state index in [1.807, 2.05) is 33.9 Å². The van der Waals surface area contributed by atoms with Crippen LogP contribution in [-0.2, 0) is 11.8 Å². The Morgan fingerprint density at radius 3 is 2.79 bits per heavy atom. The van der Waals surface area contributed by atoms with Crippen molar-refractivity contribution in [2.75, 3.05) is 5.32 Å². The van der Waals surface area contributed by atoms with E-state index >= 15 is 0 Å². The van der Waals surface area contributed by atoms with Gasteiger partial charge in [-0.2, -0.15) is 5.10 Å². The number of nitrogens with zero attached hydrogens (tertiary/aromatic N) is 3. The topological polar surface area (TPSA) is 69.0 Å². The minimum atomic E-state index is -0.523. The molecule has 0 spiro atoms. The number of carbonyl (C=O) groups is 1. The molecule has 0 radical (unpaired) electrons. The quantitative estimate of drug-likeness (QED) is 0.780. The van der Waals surface area contributed by atoms with Crippen LogP contribution >= 0.6 is 22.6 Å². The summed E-state index contributed by atoms with van der Waals surface area (Å²) in [6.45, 7) is 5.45. The Morgan fingerprint density at radius 2 is 2.16 bits per heavy atom. The zero-order chi connectivity index (χ0) is 14.2. The summed E-state index contributed by atoms with van der Waals surface area (Å²) < 4.78 is 7.73. The van der Waals surface area contributed by atoms with E-state index in [2.05, 4.69) is 38.0 Å². The minimum absolute atomic E-state index is 0.493. The number of hydrogen-bond donors (Lipinski definition) is 1. The van der Waals surface area contributed by atoms with E-state index in [4.69, 9.17) is 4.74 Å². The molecule has 0 fully saturated rings. The van der Waals surface area contributed by atoms with Crippen LogP contribution in [0.15, 0.2) is 12.3 Å². The summed E-state index contributed by atoms with van der Waals surface area (Å²) in [6.07, 6.45) is 1.09. The van der Waals surface area contributed by atoms with Gasteiger partial charge in [-0.05, 0) is 49.4 Å². The summed E-state index contributed by atoms with van der Waals surface area (Å²) in [7, 11) is 1.83. The minimum Gasteiger partial charge on any atom is -0.444 e. The highest BCUT2D eigenvalue weighted by Crippen LogP contribution is 2.21. The van der Waals surface area contributed by atoms with Gasteiger partial charge in [0.15, 0.2) is 5.65 Å². The number of hydrogen-bond acceptors (Lipinski definition) is 4. The molecule has 1 N–H and O–H groups in total. The van der Waals surface area contributed by atoms with Gasteiger partial charge < -0.3 is 4.74 Å². The molecular weight excluding hydrogens is 359 g/mol. The molecule has 2 aromatic rings. The molecule has 0 aliphatic heterocycles. The number of carbonyl (C=O) groups excluding carboxylic acids is 1. The van der Waals surface area contributed by atoms with Crippen LogP contribution in [-0.4, -0.2) is 26.5 Å². The molecular formula is C12H15IN4O2. The van der Waals surface area contributed by atoms with Gasteiger partial charge in [0.2, 0.25) is 0 Å². The molecule has 0 unspecified atom stereocenters. The Kier molecular flexibility index (Phi) is 3.66. The van der Waals surface area contributed by atoms with Gasteiger partial charge in [0.25, 0.3) is 0 Å². The molecule has 19 heavy (non-hydrogen) atoms. The third-order valence-electron chi connectivity index (χ3n) is 2.28. The first kappa shape index (κ1) is 14.0. The normalized spacial score (nSPS) is 11.6. The van der Waals surface area contributed by atoms with Crippen molar-refractivity contribution in [2.24, 2.45) is 7.05 Å². The van der Waals surface area contributed by atoms with Crippen molar-refractivity contribution in [1.82, 2.24) is 14.8 Å². The Bertz CT molecular complexity index is 630. The highest BCUT2D eigenvalue weighted by Gasteiger charge is 2.17. The summed E-state index contributed by atoms with van der Waals surface area (Å²) in [5, 5.41) is 7.83. The maximum Gasteiger partial charge on any atom is 0.412 e. The van der Waals surface area contributed by atoms with Gasteiger partial charge in [0.05, 0.1) is 17.3 Å². The fourth-order valence-electron chi connectivity index (χ4n) is 1.59. The molecule has 6 nitrogen and oxygen atoms in total. The SMILES string of the molecule is Cn1nc(I)c2cc(NC(=O)OC(C)(C)C)cnc21. The van der Waals surface area contributed by atoms with E-state index in [-0.39, 0.29) is 0 Å². The summed E-state index contributed by atoms with van der Waals surface area (Å²) in [5.41, 5.74) is 0.844. The zero-order valence-electron chi connectivity index (χ0n) is 11.2. The fourth-order valence-corrected chi connectivity index (χ4v) is 2.31. The molecule has 2 heterocycles. The summed E-state index contributed by atoms with van der Waals surface area (Å²) in [5.74, 6) is 0. The van der Waals surface area contributed by atoms with Crippen molar-refractivity contribution in [3.63, 3.8) is 0 Å². The van der Waals surface area contributed by atoms with Crippen molar-refractivity contribution in [3.8, 4) is 0 Å². The first-order chi connectivity index (χ1) is 8.76. The number of halogens is 1. The van der Waals surface area contributed by atoms with Gasteiger partial charge in [0.1, 0.15) is 9.30 Å². The summed E-state index contributed by atoms with van der Waals surface area (Å²) in [6, 6.07) is 1.83. The van der Waals surface area contributed by atoms with Gasteiger partial charge in [-0.25, -0.2) is 14.5 Å². The van der Waals surface area contributed by atoms with Crippen molar-refractivity contribution in [1.29, 1.82) is 0 Å². The van der Waals surface area contributed by atoms with E-state index in [0.717, 1.165) is 14.7 Å². The standard InChI is InChI=1S/C12H15IN4O2/c1-12(2,3)19-11(18)15-7-5-8-9(13)16-17(4)10(8)14-6-7/h5-6H,1-4H3,(H,15,18). The van der Waals surface area contributed by atoms with Crippen LogP contribution in [0.25, 0.3) is 11.0 Å². The summed E-state index contributed by atoms with van der Waals surface area (Å²) in [4.78, 5) is 15.9. The Morgan fingerprint density at radius 1 is 1.47 bits per heavy atom. The van der Waals surface area contributed by atoms with Crippen LogP contribution in [0.3, 0.4) is 0 Å². The second-order valence-corrected chi connectivity index (χ2v) is 6.16. The molecule has 1 amide bonds. The lowest BCUT2D eigenvalue weighted by atomic mass is 10.2. The third-order valence-corrected chi connectivity index (χ3v) is 3.08. The smallest absolute Gasteiger partial charge is 0.412 e. The average molecular weight is 374 g/mol. The lowest BCUT2D eigenvalue weighted by Crippen LogP contribution is -2.27. The molecule has 0 saturated heterocycles. The van der Waals surface area contributed by atoms with Crippen LogP contribution in [0.1, 0.15) is 20.8 Å². The Hall–Kier alpha value is -1.38. The number of ether oxygens (including phenoxy) is 1. The predicted molar refractivity (Wildman–Crippen MR) is 81.1 cm³/mol. The predicted octanol–water partition coefficient (Wildman–Crippen LogP) is 2.92. The molecule has 0 atom stereocenters. The first-order valence-corrected chi connectivity index (χ1v) is 6.82. The van der Waals surface area contributed by atoms with Crippen LogP contribution in [0.2, 0.25) is 0 Å². The van der Waals surface area contributed by atoms with Crippen molar-refractivity contribution in [2.45, 2.75) is 26.4 Å². The molecule has 102 valence electrons. The van der Waals surface area contributed by atoms with E-state index in [0.29, 0.717) is 5.69 Å². The second kappa shape index (κ2) is 4.95. The summed E-state index contributed by atoms with van der Waals surface area (Å²) >= 11 is 2.14. The van der Waals surface area contributed by atoms with Gasteiger partial charge in [-0.3, -0.25) is 5.32 Å². The van der Waals surface area contributed by atoms with E-state index in [9.17, 15) is 4.79 Å². The highest BCUT2D eigenvalue weighted by atomic mass is 127. The number of rotatable bonds is 1. The molecule has 0 aromatic carbocycles. The Balaban J connectivity index is 2.22. The van der Waals surface area contributed by atoms with Gasteiger partial charge in [-0.15, -0.1) is 0 Å². The molecule has 2 aromatic heterocycles. The lowest BCUT2D eigenvalue weighted by molar-refractivity contribution is 0.0636. The monoisotopic (exact) mass is 374 g/mol. The highest BCUT2D eigenvalue weighted by molar-refractivity contribution is 14.1. The molecule has 7 heteroatoms. The van der Waals surface area contributed by atoms with Gasteiger partial charge >= 0.3 is 6.09 Å². The van der Waals surface area contributed by atoms with Crippen LogP contribution in [0.4, 0.5) is 10.5 Å².